The lowest BCUT2D eigenvalue weighted by atomic mass is 9.88. The van der Waals surface area contributed by atoms with E-state index in [4.69, 9.17) is 4.42 Å². The van der Waals surface area contributed by atoms with Crippen LogP contribution in [0.4, 0.5) is 0 Å². The standard InChI is InChI=1S/C24H23N3O4S/c1-12(15-7-18(28)22-13(2)5-21(29)31-19(22)8-15)4-14-6-20-26-23-17(24(30)27(20)11-14)9-16(32-3)10-25-23/h5,7-10,12,14,28H,4,6,11H2,1-3H3. The Hall–Kier alpha value is -3.13. The highest BCUT2D eigenvalue weighted by Crippen LogP contribution is 2.35. The van der Waals surface area contributed by atoms with Gasteiger partial charge in [0.1, 0.15) is 17.2 Å². The molecule has 0 saturated carbocycles. The van der Waals surface area contributed by atoms with Crippen LogP contribution in [0.15, 0.2) is 49.4 Å². The van der Waals surface area contributed by atoms with Gasteiger partial charge in [0.25, 0.3) is 5.56 Å². The quantitative estimate of drug-likeness (QED) is 0.371. The second-order valence-corrected chi connectivity index (χ2v) is 9.44. The van der Waals surface area contributed by atoms with E-state index in [9.17, 15) is 14.7 Å². The molecule has 0 saturated heterocycles. The normalized spacial score (nSPS) is 16.5. The van der Waals surface area contributed by atoms with E-state index in [1.807, 2.05) is 18.4 Å². The minimum absolute atomic E-state index is 0.0378. The van der Waals surface area contributed by atoms with Crippen molar-refractivity contribution < 1.29 is 9.52 Å². The van der Waals surface area contributed by atoms with Crippen LogP contribution in [0.2, 0.25) is 0 Å². The van der Waals surface area contributed by atoms with Gasteiger partial charge in [-0.15, -0.1) is 11.8 Å². The number of fused-ring (bicyclic) bond motifs is 3. The lowest BCUT2D eigenvalue weighted by Crippen LogP contribution is -2.22. The summed E-state index contributed by atoms with van der Waals surface area (Å²) >= 11 is 1.55. The van der Waals surface area contributed by atoms with Crippen LogP contribution < -0.4 is 11.2 Å². The van der Waals surface area contributed by atoms with Crippen molar-refractivity contribution in [1.82, 2.24) is 14.5 Å². The number of pyridine rings is 1. The Morgan fingerprint density at radius 2 is 2.09 bits per heavy atom. The molecule has 0 bridgehead atoms. The van der Waals surface area contributed by atoms with Gasteiger partial charge < -0.3 is 9.52 Å². The summed E-state index contributed by atoms with van der Waals surface area (Å²) in [5.74, 6) is 1.22. The summed E-state index contributed by atoms with van der Waals surface area (Å²) in [4.78, 5) is 34.8. The highest BCUT2D eigenvalue weighted by atomic mass is 32.2. The van der Waals surface area contributed by atoms with Gasteiger partial charge in [0.15, 0.2) is 5.65 Å². The first-order valence-corrected chi connectivity index (χ1v) is 11.8. The Kier molecular flexibility index (Phi) is 5.04. The molecule has 32 heavy (non-hydrogen) atoms. The molecule has 8 heteroatoms. The predicted molar refractivity (Wildman–Crippen MR) is 125 cm³/mol. The molecule has 1 aromatic carbocycles. The highest BCUT2D eigenvalue weighted by Gasteiger charge is 2.27. The van der Waals surface area contributed by atoms with Crippen LogP contribution in [0.3, 0.4) is 0 Å². The maximum absolute atomic E-state index is 13.0. The predicted octanol–water partition coefficient (Wildman–Crippen LogP) is 4.00. The zero-order valence-corrected chi connectivity index (χ0v) is 18.9. The molecule has 5 rings (SSSR count). The fourth-order valence-electron chi connectivity index (χ4n) is 4.73. The van der Waals surface area contributed by atoms with Crippen LogP contribution in [0, 0.1) is 12.8 Å². The molecule has 3 aromatic heterocycles. The Bertz CT molecular complexity index is 1490. The molecule has 1 N–H and O–H groups in total. The number of aromatic nitrogens is 3. The fourth-order valence-corrected chi connectivity index (χ4v) is 5.12. The van der Waals surface area contributed by atoms with Crippen LogP contribution in [0.1, 0.15) is 36.2 Å². The number of nitrogens with zero attached hydrogens (tertiary/aromatic N) is 3. The summed E-state index contributed by atoms with van der Waals surface area (Å²) in [5, 5.41) is 11.7. The molecule has 7 nitrogen and oxygen atoms in total. The van der Waals surface area contributed by atoms with E-state index in [0.29, 0.717) is 40.5 Å². The summed E-state index contributed by atoms with van der Waals surface area (Å²) in [6, 6.07) is 6.82. The summed E-state index contributed by atoms with van der Waals surface area (Å²) in [5.41, 5.74) is 2.01. The smallest absolute Gasteiger partial charge is 0.336 e. The average molecular weight is 450 g/mol. The number of aryl methyl sites for hydroxylation is 1. The van der Waals surface area contributed by atoms with E-state index >= 15 is 0 Å². The van der Waals surface area contributed by atoms with E-state index < -0.39 is 5.63 Å². The minimum Gasteiger partial charge on any atom is -0.507 e. The SMILES string of the molecule is CSc1cnc2nc3n(c(=O)c2c1)CC(CC(C)c1cc(O)c2c(C)cc(=O)oc2c1)C3. The average Bonchev–Trinajstić information content (AvgIpc) is 3.15. The molecule has 164 valence electrons. The Labute approximate surface area is 188 Å². The van der Waals surface area contributed by atoms with Gasteiger partial charge >= 0.3 is 5.63 Å². The van der Waals surface area contributed by atoms with Gasteiger partial charge in [-0.05, 0) is 60.8 Å². The number of thioether (sulfide) groups is 1. The van der Waals surface area contributed by atoms with Crippen molar-refractivity contribution in [1.29, 1.82) is 0 Å². The number of hydrogen-bond donors (Lipinski definition) is 1. The first-order chi connectivity index (χ1) is 15.3. The molecule has 0 radical (unpaired) electrons. The fraction of sp³-hybridized carbons (Fsp3) is 0.333. The minimum atomic E-state index is -0.429. The molecule has 2 atom stereocenters. The van der Waals surface area contributed by atoms with Crippen molar-refractivity contribution in [3.05, 3.63) is 68.2 Å². The number of benzene rings is 1. The third-order valence-electron chi connectivity index (χ3n) is 6.31. The van der Waals surface area contributed by atoms with Crippen molar-refractivity contribution in [2.45, 2.75) is 44.0 Å². The van der Waals surface area contributed by atoms with Gasteiger partial charge in [-0.1, -0.05) is 6.92 Å². The zero-order chi connectivity index (χ0) is 22.6. The van der Waals surface area contributed by atoms with Crippen LogP contribution in [0.5, 0.6) is 5.75 Å². The van der Waals surface area contributed by atoms with Gasteiger partial charge in [-0.3, -0.25) is 9.36 Å². The van der Waals surface area contributed by atoms with Crippen molar-refractivity contribution in [2.75, 3.05) is 6.26 Å². The topological polar surface area (TPSA) is 98.2 Å². The molecule has 2 unspecified atom stereocenters. The van der Waals surface area contributed by atoms with E-state index in [0.717, 1.165) is 22.7 Å². The maximum atomic E-state index is 13.0. The van der Waals surface area contributed by atoms with E-state index in [1.165, 1.54) is 6.07 Å². The van der Waals surface area contributed by atoms with Gasteiger partial charge in [-0.2, -0.15) is 0 Å². The summed E-state index contributed by atoms with van der Waals surface area (Å²) in [6.45, 7) is 4.47. The largest absolute Gasteiger partial charge is 0.507 e. The summed E-state index contributed by atoms with van der Waals surface area (Å²) < 4.78 is 7.10. The summed E-state index contributed by atoms with van der Waals surface area (Å²) in [6.07, 6.45) is 5.21. The lowest BCUT2D eigenvalue weighted by Gasteiger charge is -2.17. The number of aromatic hydroxyl groups is 1. The van der Waals surface area contributed by atoms with Gasteiger partial charge in [0.05, 0.1) is 10.8 Å². The van der Waals surface area contributed by atoms with Crippen molar-refractivity contribution in [3.8, 4) is 5.75 Å². The van der Waals surface area contributed by atoms with E-state index in [-0.39, 0.29) is 23.1 Å². The third kappa shape index (κ3) is 3.48. The van der Waals surface area contributed by atoms with Crippen LogP contribution in [-0.4, -0.2) is 25.9 Å². The van der Waals surface area contributed by atoms with Crippen LogP contribution >= 0.6 is 11.8 Å². The van der Waals surface area contributed by atoms with Crippen molar-refractivity contribution >= 4 is 33.8 Å². The number of rotatable bonds is 4. The van der Waals surface area contributed by atoms with E-state index in [1.54, 1.807) is 35.5 Å². The molecule has 0 spiro atoms. The van der Waals surface area contributed by atoms with Crippen molar-refractivity contribution in [3.63, 3.8) is 0 Å². The monoisotopic (exact) mass is 449 g/mol. The number of phenols is 1. The van der Waals surface area contributed by atoms with Crippen LogP contribution in [-0.2, 0) is 13.0 Å². The zero-order valence-electron chi connectivity index (χ0n) is 18.1. The number of hydrogen-bond acceptors (Lipinski definition) is 7. The second kappa shape index (κ2) is 7.78. The molecular weight excluding hydrogens is 426 g/mol. The highest BCUT2D eigenvalue weighted by molar-refractivity contribution is 7.98. The Morgan fingerprint density at radius 1 is 1.28 bits per heavy atom. The molecule has 0 fully saturated rings. The summed E-state index contributed by atoms with van der Waals surface area (Å²) in [7, 11) is 0. The van der Waals surface area contributed by atoms with Gasteiger partial charge in [0.2, 0.25) is 0 Å². The number of phenolic OH excluding ortho intramolecular Hbond substituents is 1. The van der Waals surface area contributed by atoms with Gasteiger partial charge in [0, 0.05) is 30.1 Å². The molecular formula is C24H23N3O4S. The third-order valence-corrected chi connectivity index (χ3v) is 7.00. The van der Waals surface area contributed by atoms with E-state index in [2.05, 4.69) is 16.9 Å². The Balaban J connectivity index is 1.43. The second-order valence-electron chi connectivity index (χ2n) is 8.56. The maximum Gasteiger partial charge on any atom is 0.336 e. The first kappa shape index (κ1) is 20.8. The Morgan fingerprint density at radius 3 is 2.88 bits per heavy atom. The van der Waals surface area contributed by atoms with Gasteiger partial charge in [-0.25, -0.2) is 14.8 Å². The van der Waals surface area contributed by atoms with Crippen LogP contribution in [0.25, 0.3) is 22.0 Å². The molecule has 1 aliphatic heterocycles. The molecule has 1 aliphatic rings. The lowest BCUT2D eigenvalue weighted by molar-refractivity contribution is 0.434. The molecule has 4 aromatic rings. The van der Waals surface area contributed by atoms with Crippen molar-refractivity contribution in [2.24, 2.45) is 5.92 Å². The molecule has 0 amide bonds. The first-order valence-electron chi connectivity index (χ1n) is 10.5. The molecule has 4 heterocycles. The molecule has 0 aliphatic carbocycles.